The van der Waals surface area contributed by atoms with Gasteiger partial charge in [-0.15, -0.1) is 0 Å². The fourth-order valence-electron chi connectivity index (χ4n) is 1.96. The van der Waals surface area contributed by atoms with Crippen molar-refractivity contribution in [1.29, 1.82) is 0 Å². The minimum Gasteiger partial charge on any atom is -1.00 e. The fourth-order valence-corrected chi connectivity index (χ4v) is 3.80. The molecule has 1 heterocycles. The topological polar surface area (TPSA) is 33.2 Å². The number of benzene rings is 1. The standard InChI is InChI=1S/C15H20N3OSe.ClH/c1-12(19)17(14-8-6-5-7-9-14)15-16-13(11-20-15)10-18(2,3)4;/h5-9,11H,10H2,1-4H3;1H/q+1;/p-1. The van der Waals surface area contributed by atoms with Crippen molar-refractivity contribution in [2.24, 2.45) is 0 Å². The van der Waals surface area contributed by atoms with Crippen molar-refractivity contribution in [3.63, 3.8) is 0 Å². The largest absolute Gasteiger partial charge is 1.00 e. The Hall–Kier alpha value is -1.13. The minimum absolute atomic E-state index is 0. The molecular formula is C15H20ClN3OSe. The second-order valence-electron chi connectivity index (χ2n) is 5.76. The Labute approximate surface area is 138 Å². The van der Waals surface area contributed by atoms with Crippen LogP contribution in [0, 0.1) is 0 Å². The maximum absolute atomic E-state index is 12.0. The molecule has 21 heavy (non-hydrogen) atoms. The number of carbonyl (C=O) groups excluding carboxylic acids is 1. The molecule has 1 amide bonds. The number of anilines is 2. The molecule has 1 aromatic carbocycles. The first kappa shape index (κ1) is 17.9. The summed E-state index contributed by atoms with van der Waals surface area (Å²) in [6.07, 6.45) is 0. The summed E-state index contributed by atoms with van der Waals surface area (Å²) in [6, 6.07) is 9.71. The summed E-state index contributed by atoms with van der Waals surface area (Å²) in [5.74, 6) is 0.0109. The number of aromatic nitrogens is 1. The molecule has 0 N–H and O–H groups in total. The second-order valence-corrected chi connectivity index (χ2v) is 7.51. The summed E-state index contributed by atoms with van der Waals surface area (Å²) in [5.41, 5.74) is 1.97. The Morgan fingerprint density at radius 2 is 1.86 bits per heavy atom. The third-order valence-corrected chi connectivity index (χ3v) is 4.53. The van der Waals surface area contributed by atoms with E-state index in [1.54, 1.807) is 11.8 Å². The summed E-state index contributed by atoms with van der Waals surface area (Å²) in [4.78, 5) is 20.5. The van der Waals surface area contributed by atoms with Crippen LogP contribution in [0.15, 0.2) is 35.3 Å². The number of amides is 1. The zero-order valence-electron chi connectivity index (χ0n) is 12.7. The molecule has 0 aliphatic rings. The van der Waals surface area contributed by atoms with E-state index in [9.17, 15) is 4.79 Å². The molecule has 1 aromatic heterocycles. The molecule has 0 spiro atoms. The normalized spacial score (nSPS) is 10.9. The molecule has 0 bridgehead atoms. The number of hydrogen-bond acceptors (Lipinski definition) is 2. The Morgan fingerprint density at radius 3 is 2.38 bits per heavy atom. The van der Waals surface area contributed by atoms with Gasteiger partial charge >= 0.3 is 126 Å². The molecular weight excluding hydrogens is 353 g/mol. The van der Waals surface area contributed by atoms with E-state index in [1.807, 2.05) is 30.3 Å². The number of carbonyl (C=O) groups is 1. The first-order valence-corrected chi connectivity index (χ1v) is 8.32. The van der Waals surface area contributed by atoms with E-state index in [0.29, 0.717) is 0 Å². The zero-order valence-corrected chi connectivity index (χ0v) is 15.2. The van der Waals surface area contributed by atoms with Crippen molar-refractivity contribution < 1.29 is 21.7 Å². The molecule has 114 valence electrons. The summed E-state index contributed by atoms with van der Waals surface area (Å²) in [5, 5.41) is 0. The van der Waals surface area contributed by atoms with E-state index < -0.39 is 0 Å². The SMILES string of the molecule is CC(=O)N(c1ccccc1)c1nc(C[N+](C)(C)C)c[se]1.[Cl-]. The van der Waals surface area contributed by atoms with Crippen LogP contribution in [0.4, 0.5) is 10.4 Å². The van der Waals surface area contributed by atoms with Crippen molar-refractivity contribution in [1.82, 2.24) is 4.98 Å². The number of rotatable bonds is 4. The predicted octanol–water partition coefficient (Wildman–Crippen LogP) is -0.967. The van der Waals surface area contributed by atoms with Gasteiger partial charge in [0.25, 0.3) is 0 Å². The van der Waals surface area contributed by atoms with Crippen molar-refractivity contribution in [3.05, 3.63) is 41.0 Å². The van der Waals surface area contributed by atoms with Crippen LogP contribution in [-0.2, 0) is 11.3 Å². The Morgan fingerprint density at radius 1 is 1.24 bits per heavy atom. The average molecular weight is 373 g/mol. The number of halogens is 1. The summed E-state index contributed by atoms with van der Waals surface area (Å²) in [7, 11) is 6.42. The van der Waals surface area contributed by atoms with E-state index >= 15 is 0 Å². The third-order valence-electron chi connectivity index (χ3n) is 2.70. The molecule has 0 unspecified atom stereocenters. The van der Waals surface area contributed by atoms with Crippen LogP contribution in [0.2, 0.25) is 0 Å². The molecule has 0 radical (unpaired) electrons. The number of hydrogen-bond donors (Lipinski definition) is 0. The van der Waals surface area contributed by atoms with Crippen molar-refractivity contribution in [3.8, 4) is 0 Å². The first-order chi connectivity index (χ1) is 9.37. The van der Waals surface area contributed by atoms with Gasteiger partial charge in [-0.25, -0.2) is 0 Å². The molecule has 0 saturated carbocycles. The Kier molecular flexibility index (Phi) is 6.17. The van der Waals surface area contributed by atoms with E-state index in [-0.39, 0.29) is 32.8 Å². The maximum Gasteiger partial charge on any atom is -1.00 e. The van der Waals surface area contributed by atoms with Crippen molar-refractivity contribution in [2.75, 3.05) is 26.0 Å². The van der Waals surface area contributed by atoms with Crippen LogP contribution >= 0.6 is 0 Å². The molecule has 0 aliphatic heterocycles. The van der Waals surface area contributed by atoms with Gasteiger partial charge in [-0.05, 0) is 0 Å². The van der Waals surface area contributed by atoms with E-state index in [1.165, 1.54) is 0 Å². The van der Waals surface area contributed by atoms with E-state index in [2.05, 4.69) is 31.1 Å². The summed E-state index contributed by atoms with van der Waals surface area (Å²) < 4.78 is 1.71. The number of nitrogens with zero attached hydrogens (tertiary/aromatic N) is 3. The van der Waals surface area contributed by atoms with Gasteiger partial charge < -0.3 is 12.4 Å². The van der Waals surface area contributed by atoms with Gasteiger partial charge in [0.2, 0.25) is 0 Å². The molecule has 6 heteroatoms. The molecule has 0 atom stereocenters. The van der Waals surface area contributed by atoms with Gasteiger partial charge in [-0.3, -0.25) is 0 Å². The zero-order chi connectivity index (χ0) is 14.8. The van der Waals surface area contributed by atoms with Crippen LogP contribution < -0.4 is 17.3 Å². The second kappa shape index (κ2) is 7.23. The van der Waals surface area contributed by atoms with Crippen LogP contribution in [-0.4, -0.2) is 51.0 Å². The van der Waals surface area contributed by atoms with Crippen LogP contribution in [0.5, 0.6) is 0 Å². The molecule has 0 aliphatic carbocycles. The maximum atomic E-state index is 12.0. The van der Waals surface area contributed by atoms with Gasteiger partial charge in [0.15, 0.2) is 0 Å². The molecule has 0 saturated heterocycles. The quantitative estimate of drug-likeness (QED) is 0.511. The Balaban J connectivity index is 0.00000220. The third kappa shape index (κ3) is 4.97. The van der Waals surface area contributed by atoms with Crippen LogP contribution in [0.3, 0.4) is 0 Å². The molecule has 2 rings (SSSR count). The molecule has 4 nitrogen and oxygen atoms in total. The number of para-hydroxylation sites is 1. The van der Waals surface area contributed by atoms with Crippen molar-refractivity contribution >= 4 is 30.8 Å². The van der Waals surface area contributed by atoms with Crippen LogP contribution in [0.25, 0.3) is 0 Å². The summed E-state index contributed by atoms with van der Waals surface area (Å²) >= 11 is 0.117. The monoisotopic (exact) mass is 373 g/mol. The van der Waals surface area contributed by atoms with Gasteiger partial charge in [0.05, 0.1) is 0 Å². The molecule has 0 fully saturated rings. The van der Waals surface area contributed by atoms with Gasteiger partial charge in [0, 0.05) is 0 Å². The fraction of sp³-hybridized carbons (Fsp3) is 0.333. The first-order valence-electron chi connectivity index (χ1n) is 6.47. The Bertz CT molecular complexity index is 592. The average Bonchev–Trinajstić information content (AvgIpc) is 2.76. The van der Waals surface area contributed by atoms with E-state index in [0.717, 1.165) is 27.1 Å². The van der Waals surface area contributed by atoms with E-state index in [4.69, 9.17) is 0 Å². The summed E-state index contributed by atoms with van der Waals surface area (Å²) in [6.45, 7) is 2.47. The van der Waals surface area contributed by atoms with Gasteiger partial charge in [-0.2, -0.15) is 0 Å². The smallest absolute Gasteiger partial charge is 1.00 e. The predicted molar refractivity (Wildman–Crippen MR) is 82.2 cm³/mol. The molecule has 2 aromatic rings. The minimum atomic E-state index is 0. The van der Waals surface area contributed by atoms with Crippen LogP contribution in [0.1, 0.15) is 12.6 Å². The van der Waals surface area contributed by atoms with Gasteiger partial charge in [-0.1, -0.05) is 0 Å². The van der Waals surface area contributed by atoms with Gasteiger partial charge in [0.1, 0.15) is 0 Å². The van der Waals surface area contributed by atoms with Crippen molar-refractivity contribution in [2.45, 2.75) is 13.5 Å². The number of quaternary nitrogens is 1.